The van der Waals surface area contributed by atoms with Gasteiger partial charge in [0.1, 0.15) is 11.6 Å². The zero-order valence-corrected chi connectivity index (χ0v) is 14.9. The van der Waals surface area contributed by atoms with Gasteiger partial charge in [0.25, 0.3) is 5.91 Å². The van der Waals surface area contributed by atoms with Gasteiger partial charge in [0.05, 0.1) is 12.2 Å². The molecular formula is C20H24FN3O2. The fourth-order valence-corrected chi connectivity index (χ4v) is 3.41. The summed E-state index contributed by atoms with van der Waals surface area (Å²) in [7, 11) is 1.59. The molecule has 6 heteroatoms. The summed E-state index contributed by atoms with van der Waals surface area (Å²) >= 11 is 0. The Morgan fingerprint density at radius 2 is 2.04 bits per heavy atom. The second-order valence-electron chi connectivity index (χ2n) is 6.52. The number of nitrogens with zero attached hydrogens (tertiary/aromatic N) is 1. The summed E-state index contributed by atoms with van der Waals surface area (Å²) in [5, 5.41) is 6.24. The summed E-state index contributed by atoms with van der Waals surface area (Å²) < 4.78 is 18.1. The van der Waals surface area contributed by atoms with Crippen LogP contribution in [-0.2, 0) is 4.74 Å². The van der Waals surface area contributed by atoms with Crippen molar-refractivity contribution in [2.75, 3.05) is 25.6 Å². The van der Waals surface area contributed by atoms with E-state index in [1.807, 2.05) is 18.2 Å². The first-order valence-corrected chi connectivity index (χ1v) is 8.92. The molecule has 1 fully saturated rings. The molecule has 2 unspecified atom stereocenters. The van der Waals surface area contributed by atoms with Crippen molar-refractivity contribution in [2.24, 2.45) is 0 Å². The Kier molecular flexibility index (Phi) is 6.17. The molecule has 2 aromatic rings. The third-order valence-corrected chi connectivity index (χ3v) is 4.76. The topological polar surface area (TPSA) is 63.2 Å². The van der Waals surface area contributed by atoms with Crippen LogP contribution < -0.4 is 10.6 Å². The number of hydrogen-bond acceptors (Lipinski definition) is 4. The molecule has 5 nitrogen and oxygen atoms in total. The molecule has 3 rings (SSSR count). The number of benzene rings is 1. The van der Waals surface area contributed by atoms with Crippen LogP contribution in [0.15, 0.2) is 42.6 Å². The minimum absolute atomic E-state index is 0.161. The van der Waals surface area contributed by atoms with Gasteiger partial charge >= 0.3 is 0 Å². The van der Waals surface area contributed by atoms with Crippen molar-refractivity contribution < 1.29 is 13.9 Å². The molecule has 0 spiro atoms. The lowest BCUT2D eigenvalue weighted by atomic mass is 9.94. The van der Waals surface area contributed by atoms with E-state index in [0.717, 1.165) is 30.6 Å². The largest absolute Gasteiger partial charge is 0.383 e. The van der Waals surface area contributed by atoms with Crippen LogP contribution in [0.3, 0.4) is 0 Å². The SMILES string of the molecule is COCCNC(=O)c1ccc(NC2CCCC2c2ccc(F)cc2)nc1. The number of methoxy groups -OCH3 is 1. The van der Waals surface area contributed by atoms with Crippen molar-refractivity contribution in [2.45, 2.75) is 31.2 Å². The maximum atomic E-state index is 13.2. The van der Waals surface area contributed by atoms with Crippen LogP contribution in [0.1, 0.15) is 41.1 Å². The monoisotopic (exact) mass is 357 g/mol. The maximum Gasteiger partial charge on any atom is 0.252 e. The van der Waals surface area contributed by atoms with E-state index < -0.39 is 0 Å². The van der Waals surface area contributed by atoms with E-state index in [2.05, 4.69) is 15.6 Å². The fraction of sp³-hybridized carbons (Fsp3) is 0.400. The van der Waals surface area contributed by atoms with Gasteiger partial charge in [-0.2, -0.15) is 0 Å². The highest BCUT2D eigenvalue weighted by Crippen LogP contribution is 2.36. The van der Waals surface area contributed by atoms with Gasteiger partial charge in [0.15, 0.2) is 0 Å². The first-order valence-electron chi connectivity index (χ1n) is 8.92. The number of nitrogens with one attached hydrogen (secondary N) is 2. The Balaban J connectivity index is 1.61. The number of carbonyl (C=O) groups is 1. The maximum absolute atomic E-state index is 13.2. The molecule has 26 heavy (non-hydrogen) atoms. The average molecular weight is 357 g/mol. The number of pyridine rings is 1. The van der Waals surface area contributed by atoms with Gasteiger partial charge in [0.2, 0.25) is 0 Å². The van der Waals surface area contributed by atoms with Crippen molar-refractivity contribution in [3.63, 3.8) is 0 Å². The number of amides is 1. The smallest absolute Gasteiger partial charge is 0.252 e. The van der Waals surface area contributed by atoms with Crippen molar-refractivity contribution >= 4 is 11.7 Å². The minimum atomic E-state index is -0.211. The van der Waals surface area contributed by atoms with E-state index in [4.69, 9.17) is 4.74 Å². The van der Waals surface area contributed by atoms with Gasteiger partial charge in [-0.3, -0.25) is 4.79 Å². The van der Waals surface area contributed by atoms with Gasteiger partial charge in [-0.15, -0.1) is 0 Å². The molecule has 0 radical (unpaired) electrons. The van der Waals surface area contributed by atoms with Crippen LogP contribution in [0.4, 0.5) is 10.2 Å². The first kappa shape index (κ1) is 18.3. The Morgan fingerprint density at radius 3 is 2.73 bits per heavy atom. The average Bonchev–Trinajstić information content (AvgIpc) is 3.11. The van der Waals surface area contributed by atoms with Gasteiger partial charge < -0.3 is 15.4 Å². The lowest BCUT2D eigenvalue weighted by Crippen LogP contribution is -2.27. The summed E-state index contributed by atoms with van der Waals surface area (Å²) in [5.41, 5.74) is 1.67. The molecule has 2 N–H and O–H groups in total. The van der Waals surface area contributed by atoms with Gasteiger partial charge in [0, 0.05) is 31.8 Å². The zero-order valence-electron chi connectivity index (χ0n) is 14.9. The van der Waals surface area contributed by atoms with Crippen LogP contribution >= 0.6 is 0 Å². The lowest BCUT2D eigenvalue weighted by Gasteiger charge is -2.22. The Labute approximate surface area is 153 Å². The highest BCUT2D eigenvalue weighted by molar-refractivity contribution is 5.94. The van der Waals surface area contributed by atoms with Crippen molar-refractivity contribution in [1.29, 1.82) is 0 Å². The standard InChI is InChI=1S/C20H24FN3O2/c1-26-12-11-22-20(25)15-7-10-19(23-13-15)24-18-4-2-3-17(18)14-5-8-16(21)9-6-14/h5-10,13,17-18H,2-4,11-12H2,1H3,(H,22,25)(H,23,24). The molecule has 1 aromatic heterocycles. The van der Waals surface area contributed by atoms with Crippen molar-refractivity contribution in [3.8, 4) is 0 Å². The molecule has 2 atom stereocenters. The number of carbonyl (C=O) groups excluding carboxylic acids is 1. The van der Waals surface area contributed by atoms with Crippen molar-refractivity contribution in [3.05, 3.63) is 59.5 Å². The van der Waals surface area contributed by atoms with E-state index in [1.165, 1.54) is 12.1 Å². The number of hydrogen-bond donors (Lipinski definition) is 2. The van der Waals surface area contributed by atoms with Crippen LogP contribution in [0.2, 0.25) is 0 Å². The fourth-order valence-electron chi connectivity index (χ4n) is 3.41. The highest BCUT2D eigenvalue weighted by atomic mass is 19.1. The summed E-state index contributed by atoms with van der Waals surface area (Å²) in [4.78, 5) is 16.4. The van der Waals surface area contributed by atoms with E-state index in [9.17, 15) is 9.18 Å². The van der Waals surface area contributed by atoms with E-state index in [-0.39, 0.29) is 17.8 Å². The van der Waals surface area contributed by atoms with Crippen molar-refractivity contribution in [1.82, 2.24) is 10.3 Å². The summed E-state index contributed by atoms with van der Waals surface area (Å²) in [6, 6.07) is 10.6. The second-order valence-corrected chi connectivity index (χ2v) is 6.52. The molecule has 1 aliphatic rings. The molecule has 1 aromatic carbocycles. The molecule has 0 saturated heterocycles. The molecule has 1 heterocycles. The Hall–Kier alpha value is -2.47. The predicted molar refractivity (Wildman–Crippen MR) is 98.8 cm³/mol. The molecule has 1 aliphatic carbocycles. The summed E-state index contributed by atoms with van der Waals surface area (Å²) in [5.74, 6) is 0.718. The lowest BCUT2D eigenvalue weighted by molar-refractivity contribution is 0.0937. The first-order chi connectivity index (χ1) is 12.7. The summed E-state index contributed by atoms with van der Waals surface area (Å²) in [6.07, 6.45) is 4.82. The minimum Gasteiger partial charge on any atom is -0.383 e. The Morgan fingerprint density at radius 1 is 1.23 bits per heavy atom. The highest BCUT2D eigenvalue weighted by Gasteiger charge is 2.28. The molecule has 1 saturated carbocycles. The van der Waals surface area contributed by atoms with Gasteiger partial charge in [-0.25, -0.2) is 9.37 Å². The van der Waals surface area contributed by atoms with Crippen LogP contribution in [0.5, 0.6) is 0 Å². The summed E-state index contributed by atoms with van der Waals surface area (Å²) in [6.45, 7) is 0.946. The molecule has 1 amide bonds. The van der Waals surface area contributed by atoms with Gasteiger partial charge in [-0.1, -0.05) is 18.6 Å². The number of aromatic nitrogens is 1. The van der Waals surface area contributed by atoms with E-state index in [1.54, 1.807) is 19.4 Å². The molecular weight excluding hydrogens is 333 g/mol. The van der Waals surface area contributed by atoms with Crippen LogP contribution in [0, 0.1) is 5.82 Å². The van der Waals surface area contributed by atoms with Crippen LogP contribution in [-0.4, -0.2) is 37.2 Å². The third-order valence-electron chi connectivity index (χ3n) is 4.76. The quantitative estimate of drug-likeness (QED) is 0.746. The second kappa shape index (κ2) is 8.76. The number of anilines is 1. The number of halogens is 1. The molecule has 0 aliphatic heterocycles. The molecule has 0 bridgehead atoms. The van der Waals surface area contributed by atoms with E-state index in [0.29, 0.717) is 24.6 Å². The zero-order chi connectivity index (χ0) is 18.4. The normalized spacial score (nSPS) is 19.3. The predicted octanol–water partition coefficient (Wildman–Crippen LogP) is 3.35. The Bertz CT molecular complexity index is 719. The van der Waals surface area contributed by atoms with E-state index >= 15 is 0 Å². The number of rotatable bonds is 7. The number of ether oxygens (including phenoxy) is 1. The third kappa shape index (κ3) is 4.58. The van der Waals surface area contributed by atoms with Gasteiger partial charge in [-0.05, 0) is 42.7 Å². The van der Waals surface area contributed by atoms with Crippen LogP contribution in [0.25, 0.3) is 0 Å². The molecule has 138 valence electrons.